The first-order valence-corrected chi connectivity index (χ1v) is 6.00. The molecule has 0 bridgehead atoms. The average Bonchev–Trinajstić information content (AvgIpc) is 2.30. The molecule has 5 nitrogen and oxygen atoms in total. The van der Waals surface area contributed by atoms with Crippen LogP contribution in [0.15, 0.2) is 18.2 Å². The third-order valence-corrected chi connectivity index (χ3v) is 2.55. The van der Waals surface area contributed by atoms with Crippen molar-refractivity contribution in [2.24, 2.45) is 0 Å². The summed E-state index contributed by atoms with van der Waals surface area (Å²) in [5.41, 5.74) is 0.617. The van der Waals surface area contributed by atoms with Crippen LogP contribution in [0, 0.1) is 10.1 Å². The molecular formula is C12H16ClNO4. The first-order chi connectivity index (χ1) is 8.50. The molecule has 0 unspecified atom stereocenters. The van der Waals surface area contributed by atoms with Crippen molar-refractivity contribution < 1.29 is 14.4 Å². The van der Waals surface area contributed by atoms with Gasteiger partial charge in [-0.1, -0.05) is 11.6 Å². The van der Waals surface area contributed by atoms with Gasteiger partial charge in [0.05, 0.1) is 30.8 Å². The van der Waals surface area contributed by atoms with Crippen LogP contribution in [0.4, 0.5) is 5.69 Å². The van der Waals surface area contributed by atoms with E-state index in [0.29, 0.717) is 23.8 Å². The van der Waals surface area contributed by atoms with Crippen LogP contribution < -0.4 is 0 Å². The summed E-state index contributed by atoms with van der Waals surface area (Å²) in [6.07, 6.45) is 0.162. The molecule has 0 amide bonds. The second kappa shape index (κ2) is 7.31. The molecule has 100 valence electrons. The Balaban J connectivity index is 2.46. The molecular weight excluding hydrogens is 258 g/mol. The highest BCUT2D eigenvalue weighted by molar-refractivity contribution is 6.31. The van der Waals surface area contributed by atoms with Gasteiger partial charge in [0.2, 0.25) is 0 Å². The lowest BCUT2D eigenvalue weighted by Gasteiger charge is -2.09. The van der Waals surface area contributed by atoms with Crippen LogP contribution in [-0.4, -0.2) is 24.2 Å². The molecule has 0 aliphatic rings. The van der Waals surface area contributed by atoms with E-state index < -0.39 is 4.92 Å². The number of nitrogens with zero attached hydrogens (tertiary/aromatic N) is 1. The minimum Gasteiger partial charge on any atom is -0.376 e. The molecule has 0 N–H and O–H groups in total. The third-order valence-electron chi connectivity index (χ3n) is 2.18. The first kappa shape index (κ1) is 14.9. The van der Waals surface area contributed by atoms with Crippen molar-refractivity contribution >= 4 is 17.3 Å². The van der Waals surface area contributed by atoms with Gasteiger partial charge in [-0.25, -0.2) is 0 Å². The molecule has 0 saturated carbocycles. The summed E-state index contributed by atoms with van der Waals surface area (Å²) in [7, 11) is 0. The predicted molar refractivity (Wildman–Crippen MR) is 68.9 cm³/mol. The zero-order valence-corrected chi connectivity index (χ0v) is 11.1. The molecule has 0 spiro atoms. The lowest BCUT2D eigenvalue weighted by atomic mass is 10.2. The molecule has 0 saturated heterocycles. The van der Waals surface area contributed by atoms with E-state index in [1.54, 1.807) is 0 Å². The zero-order valence-electron chi connectivity index (χ0n) is 10.4. The smallest absolute Gasteiger partial charge is 0.269 e. The van der Waals surface area contributed by atoms with E-state index in [2.05, 4.69) is 0 Å². The molecule has 1 aromatic rings. The maximum absolute atomic E-state index is 10.6. The molecule has 6 heteroatoms. The Morgan fingerprint density at radius 1 is 1.39 bits per heavy atom. The highest BCUT2D eigenvalue weighted by Crippen LogP contribution is 2.22. The van der Waals surface area contributed by atoms with Gasteiger partial charge in [-0.15, -0.1) is 0 Å². The SMILES string of the molecule is CC(C)OCCOCc1cc([N+](=O)[O-])ccc1Cl. The van der Waals surface area contributed by atoms with Crippen LogP contribution in [0.5, 0.6) is 0 Å². The van der Waals surface area contributed by atoms with Crippen LogP contribution in [0.3, 0.4) is 0 Å². The van der Waals surface area contributed by atoms with Gasteiger partial charge in [0.25, 0.3) is 5.69 Å². The van der Waals surface area contributed by atoms with E-state index in [-0.39, 0.29) is 18.4 Å². The summed E-state index contributed by atoms with van der Waals surface area (Å²) in [4.78, 5) is 10.2. The quantitative estimate of drug-likeness (QED) is 0.435. The molecule has 18 heavy (non-hydrogen) atoms. The van der Waals surface area contributed by atoms with Gasteiger partial charge in [-0.2, -0.15) is 0 Å². The molecule has 0 aromatic heterocycles. The lowest BCUT2D eigenvalue weighted by Crippen LogP contribution is -2.09. The molecule has 1 aromatic carbocycles. The van der Waals surface area contributed by atoms with E-state index in [1.807, 2.05) is 13.8 Å². The number of nitro benzene ring substituents is 1. The lowest BCUT2D eigenvalue weighted by molar-refractivity contribution is -0.384. The van der Waals surface area contributed by atoms with Gasteiger partial charge in [-0.3, -0.25) is 10.1 Å². The average molecular weight is 274 g/mol. The molecule has 0 radical (unpaired) electrons. The fourth-order valence-electron chi connectivity index (χ4n) is 1.31. The number of rotatable bonds is 7. The fraction of sp³-hybridized carbons (Fsp3) is 0.500. The number of ether oxygens (including phenoxy) is 2. The Kier molecular flexibility index (Phi) is 6.04. The monoisotopic (exact) mass is 273 g/mol. The van der Waals surface area contributed by atoms with Gasteiger partial charge in [-0.05, 0) is 19.9 Å². The van der Waals surface area contributed by atoms with E-state index in [9.17, 15) is 10.1 Å². The predicted octanol–water partition coefficient (Wildman–Crippen LogP) is 3.19. The van der Waals surface area contributed by atoms with Crippen molar-refractivity contribution in [3.63, 3.8) is 0 Å². The van der Waals surface area contributed by atoms with Gasteiger partial charge in [0.1, 0.15) is 0 Å². The Hall–Kier alpha value is -1.17. The Morgan fingerprint density at radius 3 is 2.72 bits per heavy atom. The van der Waals surface area contributed by atoms with Crippen LogP contribution in [-0.2, 0) is 16.1 Å². The summed E-state index contributed by atoms with van der Waals surface area (Å²) in [5.74, 6) is 0. The number of non-ortho nitro benzene ring substituents is 1. The van der Waals surface area contributed by atoms with E-state index in [0.717, 1.165) is 0 Å². The number of hydrogen-bond acceptors (Lipinski definition) is 4. The normalized spacial score (nSPS) is 10.9. The summed E-state index contributed by atoms with van der Waals surface area (Å²) in [6, 6.07) is 4.29. The Morgan fingerprint density at radius 2 is 2.11 bits per heavy atom. The van der Waals surface area contributed by atoms with E-state index >= 15 is 0 Å². The topological polar surface area (TPSA) is 61.6 Å². The highest BCUT2D eigenvalue weighted by atomic mass is 35.5. The van der Waals surface area contributed by atoms with Crippen LogP contribution in [0.1, 0.15) is 19.4 Å². The summed E-state index contributed by atoms with van der Waals surface area (Å²) < 4.78 is 10.7. The van der Waals surface area contributed by atoms with Crippen molar-refractivity contribution in [2.45, 2.75) is 26.6 Å². The van der Waals surface area contributed by atoms with Gasteiger partial charge in [0.15, 0.2) is 0 Å². The molecule has 0 aliphatic heterocycles. The van der Waals surface area contributed by atoms with Gasteiger partial charge in [0, 0.05) is 22.7 Å². The molecule has 1 rings (SSSR count). The van der Waals surface area contributed by atoms with Crippen LogP contribution >= 0.6 is 11.6 Å². The van der Waals surface area contributed by atoms with Crippen molar-refractivity contribution in [3.8, 4) is 0 Å². The van der Waals surface area contributed by atoms with Crippen molar-refractivity contribution in [1.82, 2.24) is 0 Å². The summed E-state index contributed by atoms with van der Waals surface area (Å²) in [6.45, 7) is 5.04. The Labute approximate surface area is 111 Å². The van der Waals surface area contributed by atoms with Crippen molar-refractivity contribution in [3.05, 3.63) is 38.9 Å². The second-order valence-electron chi connectivity index (χ2n) is 4.00. The minimum absolute atomic E-state index is 0.0106. The van der Waals surface area contributed by atoms with Crippen molar-refractivity contribution in [1.29, 1.82) is 0 Å². The van der Waals surface area contributed by atoms with Crippen molar-refractivity contribution in [2.75, 3.05) is 13.2 Å². The van der Waals surface area contributed by atoms with Crippen LogP contribution in [0.2, 0.25) is 5.02 Å². The van der Waals surface area contributed by atoms with E-state index in [4.69, 9.17) is 21.1 Å². The standard InChI is InChI=1S/C12H16ClNO4/c1-9(2)18-6-5-17-8-10-7-11(14(15)16)3-4-12(10)13/h3-4,7,9H,5-6,8H2,1-2H3. The summed E-state index contributed by atoms with van der Waals surface area (Å²) >= 11 is 5.93. The Bertz CT molecular complexity index is 409. The third kappa shape index (κ3) is 5.00. The van der Waals surface area contributed by atoms with Gasteiger partial charge >= 0.3 is 0 Å². The molecule has 0 aliphatic carbocycles. The minimum atomic E-state index is -0.457. The zero-order chi connectivity index (χ0) is 13.5. The van der Waals surface area contributed by atoms with Gasteiger partial charge < -0.3 is 9.47 Å². The highest BCUT2D eigenvalue weighted by Gasteiger charge is 2.09. The largest absolute Gasteiger partial charge is 0.376 e. The number of nitro groups is 1. The number of hydrogen-bond donors (Lipinski definition) is 0. The molecule has 0 atom stereocenters. The van der Waals surface area contributed by atoms with Crippen LogP contribution in [0.25, 0.3) is 0 Å². The number of halogens is 1. The fourth-order valence-corrected chi connectivity index (χ4v) is 1.48. The summed E-state index contributed by atoms with van der Waals surface area (Å²) in [5, 5.41) is 11.1. The van der Waals surface area contributed by atoms with E-state index in [1.165, 1.54) is 18.2 Å². The second-order valence-corrected chi connectivity index (χ2v) is 4.41. The molecule has 0 fully saturated rings. The first-order valence-electron chi connectivity index (χ1n) is 5.63. The molecule has 0 heterocycles. The maximum Gasteiger partial charge on any atom is 0.269 e. The number of benzene rings is 1. The maximum atomic E-state index is 10.6.